The largest absolute Gasteiger partial charge is 0.454 e. The first-order valence-corrected chi connectivity index (χ1v) is 11.8. The number of halogens is 2. The van der Waals surface area contributed by atoms with Gasteiger partial charge < -0.3 is 15.4 Å². The minimum absolute atomic E-state index is 0. The number of benzene rings is 2. The summed E-state index contributed by atoms with van der Waals surface area (Å²) in [6.45, 7) is 2.47. The minimum Gasteiger partial charge on any atom is -0.454 e. The van der Waals surface area contributed by atoms with Gasteiger partial charge in [0.15, 0.2) is 17.5 Å². The molecular formula is C23H31FIN3O2S. The van der Waals surface area contributed by atoms with Crippen LogP contribution in [0.15, 0.2) is 53.5 Å². The lowest BCUT2D eigenvalue weighted by Crippen LogP contribution is -2.46. The second kappa shape index (κ2) is 13.0. The second-order valence-corrected chi connectivity index (χ2v) is 9.37. The van der Waals surface area contributed by atoms with Gasteiger partial charge in [0.05, 0.1) is 0 Å². The molecule has 2 aromatic carbocycles. The third kappa shape index (κ3) is 7.45. The Morgan fingerprint density at radius 3 is 2.58 bits per heavy atom. The number of aliphatic imine (C=N–C) groups is 1. The predicted octanol–water partition coefficient (Wildman–Crippen LogP) is 4.98. The van der Waals surface area contributed by atoms with Gasteiger partial charge >= 0.3 is 0 Å². The second-order valence-electron chi connectivity index (χ2n) is 7.37. The molecule has 0 heterocycles. The summed E-state index contributed by atoms with van der Waals surface area (Å²) in [4.78, 5) is 4.33. The van der Waals surface area contributed by atoms with Crippen LogP contribution in [0.25, 0.3) is 0 Å². The van der Waals surface area contributed by atoms with E-state index in [2.05, 4.69) is 15.6 Å². The van der Waals surface area contributed by atoms with Gasteiger partial charge in [-0.05, 0) is 37.5 Å². The van der Waals surface area contributed by atoms with Crippen molar-refractivity contribution in [3.8, 4) is 11.5 Å². The summed E-state index contributed by atoms with van der Waals surface area (Å²) in [6.07, 6.45) is 4.05. The van der Waals surface area contributed by atoms with Gasteiger partial charge in [0.1, 0.15) is 5.75 Å². The van der Waals surface area contributed by atoms with Crippen LogP contribution in [-0.2, 0) is 17.3 Å². The molecule has 2 aromatic rings. The molecule has 3 rings (SSSR count). The molecule has 3 unspecified atom stereocenters. The van der Waals surface area contributed by atoms with E-state index in [1.165, 1.54) is 6.07 Å². The van der Waals surface area contributed by atoms with E-state index in [1.807, 2.05) is 31.2 Å². The Balaban J connectivity index is 0.00000341. The van der Waals surface area contributed by atoms with Crippen molar-refractivity contribution in [3.63, 3.8) is 0 Å². The highest BCUT2D eigenvalue weighted by Gasteiger charge is 2.26. The highest BCUT2D eigenvalue weighted by Crippen LogP contribution is 2.27. The van der Waals surface area contributed by atoms with E-state index >= 15 is 0 Å². The molecule has 1 saturated carbocycles. The molecule has 5 nitrogen and oxygen atoms in total. The average Bonchev–Trinajstić information content (AvgIpc) is 2.78. The van der Waals surface area contributed by atoms with E-state index in [0.29, 0.717) is 24.0 Å². The minimum atomic E-state index is -0.756. The van der Waals surface area contributed by atoms with Crippen LogP contribution in [0.4, 0.5) is 4.39 Å². The van der Waals surface area contributed by atoms with Crippen molar-refractivity contribution in [1.82, 2.24) is 10.6 Å². The first-order valence-electron chi connectivity index (χ1n) is 10.4. The van der Waals surface area contributed by atoms with E-state index in [4.69, 9.17) is 4.74 Å². The SMILES string of the molecule is CCS(=O)C1CCCC(NC(=NC)NCc2ccccc2Oc2ccccc2F)C1.I. The molecule has 31 heavy (non-hydrogen) atoms. The third-order valence-electron chi connectivity index (χ3n) is 5.32. The summed E-state index contributed by atoms with van der Waals surface area (Å²) in [5.41, 5.74) is 0.900. The Kier molecular flexibility index (Phi) is 10.7. The molecule has 0 saturated heterocycles. The van der Waals surface area contributed by atoms with Gasteiger partial charge in [-0.25, -0.2) is 4.39 Å². The van der Waals surface area contributed by atoms with Crippen LogP contribution in [0.5, 0.6) is 11.5 Å². The van der Waals surface area contributed by atoms with E-state index in [9.17, 15) is 8.60 Å². The van der Waals surface area contributed by atoms with Gasteiger partial charge in [0, 0.05) is 47.0 Å². The average molecular weight is 559 g/mol. The molecule has 0 aromatic heterocycles. The molecule has 1 fully saturated rings. The van der Waals surface area contributed by atoms with Gasteiger partial charge in [-0.15, -0.1) is 24.0 Å². The number of para-hydroxylation sites is 2. The lowest BCUT2D eigenvalue weighted by atomic mass is 9.95. The third-order valence-corrected chi connectivity index (χ3v) is 7.06. The van der Waals surface area contributed by atoms with Crippen molar-refractivity contribution in [2.45, 2.75) is 50.4 Å². The normalized spacial score (nSPS) is 19.8. The Bertz CT molecular complexity index is 897. The maximum atomic E-state index is 14.0. The van der Waals surface area contributed by atoms with Gasteiger partial charge in [-0.2, -0.15) is 0 Å². The number of ether oxygens (including phenoxy) is 1. The fourth-order valence-electron chi connectivity index (χ4n) is 3.71. The van der Waals surface area contributed by atoms with Crippen LogP contribution in [0.1, 0.15) is 38.2 Å². The molecular weight excluding hydrogens is 528 g/mol. The molecule has 0 radical (unpaired) electrons. The van der Waals surface area contributed by atoms with Crippen LogP contribution in [0.2, 0.25) is 0 Å². The fourth-order valence-corrected chi connectivity index (χ4v) is 5.06. The number of guanidine groups is 1. The topological polar surface area (TPSA) is 62.7 Å². The van der Waals surface area contributed by atoms with E-state index in [-0.39, 0.29) is 41.0 Å². The first kappa shape index (κ1) is 25.6. The zero-order valence-electron chi connectivity index (χ0n) is 18.0. The van der Waals surface area contributed by atoms with Crippen molar-refractivity contribution in [2.24, 2.45) is 4.99 Å². The Labute approximate surface area is 203 Å². The summed E-state index contributed by atoms with van der Waals surface area (Å²) >= 11 is 0. The molecule has 1 aliphatic rings. The smallest absolute Gasteiger partial charge is 0.191 e. The zero-order chi connectivity index (χ0) is 21.3. The number of hydrogen-bond acceptors (Lipinski definition) is 3. The molecule has 0 bridgehead atoms. The van der Waals surface area contributed by atoms with Crippen LogP contribution >= 0.6 is 24.0 Å². The Hall–Kier alpha value is -1.68. The highest BCUT2D eigenvalue weighted by molar-refractivity contribution is 14.0. The van der Waals surface area contributed by atoms with E-state index in [1.54, 1.807) is 25.2 Å². The standard InChI is InChI=1S/C23H30FN3O2S.HI/c1-3-30(28)19-11-8-10-18(15-19)27-23(25-2)26-16-17-9-4-6-13-21(17)29-22-14-7-5-12-20(22)24;/h4-7,9,12-14,18-19H,3,8,10-11,15-16H2,1-2H3,(H2,25,26,27);1H. The Morgan fingerprint density at radius 1 is 1.16 bits per heavy atom. The van der Waals surface area contributed by atoms with E-state index < -0.39 is 16.6 Å². The van der Waals surface area contributed by atoms with Gasteiger partial charge in [0.25, 0.3) is 0 Å². The van der Waals surface area contributed by atoms with Crippen LogP contribution < -0.4 is 15.4 Å². The van der Waals surface area contributed by atoms with Crippen molar-refractivity contribution in [3.05, 3.63) is 59.9 Å². The summed E-state index contributed by atoms with van der Waals surface area (Å²) in [7, 11) is 0.981. The first-order chi connectivity index (χ1) is 14.6. The molecule has 0 amide bonds. The Morgan fingerprint density at radius 2 is 1.87 bits per heavy atom. The molecule has 8 heteroatoms. The summed E-state index contributed by atoms with van der Waals surface area (Å²) in [6, 6.07) is 14.2. The van der Waals surface area contributed by atoms with Crippen molar-refractivity contribution >= 4 is 40.7 Å². The molecule has 170 valence electrons. The lowest BCUT2D eigenvalue weighted by Gasteiger charge is -2.30. The van der Waals surface area contributed by atoms with Gasteiger partial charge in [0.2, 0.25) is 0 Å². The number of hydrogen-bond donors (Lipinski definition) is 2. The fraction of sp³-hybridized carbons (Fsp3) is 0.435. The molecule has 0 aliphatic heterocycles. The van der Waals surface area contributed by atoms with Gasteiger partial charge in [-0.3, -0.25) is 9.20 Å². The summed E-state index contributed by atoms with van der Waals surface area (Å²) < 4.78 is 31.9. The van der Waals surface area contributed by atoms with Gasteiger partial charge in [-0.1, -0.05) is 43.7 Å². The van der Waals surface area contributed by atoms with Crippen LogP contribution in [0, 0.1) is 5.82 Å². The van der Waals surface area contributed by atoms with E-state index in [0.717, 1.165) is 31.2 Å². The quantitative estimate of drug-likeness (QED) is 0.286. The molecule has 0 spiro atoms. The number of rotatable bonds is 7. The predicted molar refractivity (Wildman–Crippen MR) is 136 cm³/mol. The lowest BCUT2D eigenvalue weighted by molar-refractivity contribution is 0.413. The molecule has 3 atom stereocenters. The monoisotopic (exact) mass is 559 g/mol. The highest BCUT2D eigenvalue weighted by atomic mass is 127. The zero-order valence-corrected chi connectivity index (χ0v) is 21.1. The summed E-state index contributed by atoms with van der Waals surface area (Å²) in [5, 5.41) is 7.05. The maximum absolute atomic E-state index is 14.0. The molecule has 2 N–H and O–H groups in total. The maximum Gasteiger partial charge on any atom is 0.191 e. The number of nitrogens with one attached hydrogen (secondary N) is 2. The van der Waals surface area contributed by atoms with Crippen molar-refractivity contribution in [1.29, 1.82) is 0 Å². The molecule has 1 aliphatic carbocycles. The van der Waals surface area contributed by atoms with Crippen molar-refractivity contribution < 1.29 is 13.3 Å². The number of nitrogens with zero attached hydrogens (tertiary/aromatic N) is 1. The van der Waals surface area contributed by atoms with Crippen LogP contribution in [-0.4, -0.2) is 34.3 Å². The van der Waals surface area contributed by atoms with Crippen molar-refractivity contribution in [2.75, 3.05) is 12.8 Å². The summed E-state index contributed by atoms with van der Waals surface area (Å²) in [5.74, 6) is 1.81. The van der Waals surface area contributed by atoms with Crippen LogP contribution in [0.3, 0.4) is 0 Å².